The molecule has 2 rings (SSSR count). The van der Waals surface area contributed by atoms with Crippen LogP contribution in [0.4, 0.5) is 0 Å². The summed E-state index contributed by atoms with van der Waals surface area (Å²) in [6.45, 7) is 4.48. The number of aryl methyl sites for hydroxylation is 2. The summed E-state index contributed by atoms with van der Waals surface area (Å²) in [5, 5.41) is 4.51. The van der Waals surface area contributed by atoms with Crippen LogP contribution < -0.4 is 11.3 Å². The molecule has 1 saturated carbocycles. The van der Waals surface area contributed by atoms with E-state index in [1.54, 1.807) is 0 Å². The number of nitrogens with zero attached hydrogens (tertiary/aromatic N) is 2. The highest BCUT2D eigenvalue weighted by atomic mass is 15.3. The van der Waals surface area contributed by atoms with Crippen LogP contribution in [0.2, 0.25) is 0 Å². The molecule has 1 aromatic heterocycles. The van der Waals surface area contributed by atoms with Crippen LogP contribution in [0.1, 0.15) is 44.5 Å². The van der Waals surface area contributed by atoms with Gasteiger partial charge in [0.25, 0.3) is 0 Å². The van der Waals surface area contributed by atoms with Crippen LogP contribution in [0.25, 0.3) is 0 Å². The Kier molecular flexibility index (Phi) is 4.40. The van der Waals surface area contributed by atoms with E-state index in [1.807, 2.05) is 11.7 Å². The fraction of sp³-hybridized carbons (Fsp3) is 0.786. The van der Waals surface area contributed by atoms with Crippen molar-refractivity contribution in [1.29, 1.82) is 0 Å². The Morgan fingerprint density at radius 3 is 2.83 bits per heavy atom. The summed E-state index contributed by atoms with van der Waals surface area (Å²) >= 11 is 0. The average molecular weight is 250 g/mol. The molecule has 3 N–H and O–H groups in total. The Hall–Kier alpha value is -0.870. The van der Waals surface area contributed by atoms with Crippen molar-refractivity contribution in [1.82, 2.24) is 15.2 Å². The van der Waals surface area contributed by atoms with Crippen molar-refractivity contribution in [3.8, 4) is 0 Å². The van der Waals surface area contributed by atoms with Gasteiger partial charge in [-0.05, 0) is 37.2 Å². The van der Waals surface area contributed by atoms with E-state index in [1.165, 1.54) is 30.7 Å². The number of nitrogens with two attached hydrogens (primary N) is 1. The number of hydrogen-bond acceptors (Lipinski definition) is 3. The first-order chi connectivity index (χ1) is 8.63. The second-order valence-electron chi connectivity index (χ2n) is 5.76. The van der Waals surface area contributed by atoms with Gasteiger partial charge in [0.05, 0.1) is 5.69 Å². The van der Waals surface area contributed by atoms with Crippen molar-refractivity contribution < 1.29 is 0 Å². The zero-order valence-corrected chi connectivity index (χ0v) is 11.8. The first kappa shape index (κ1) is 13.6. The molecule has 3 atom stereocenters. The molecule has 0 spiro atoms. The molecule has 1 aliphatic carbocycles. The molecule has 0 saturated heterocycles. The van der Waals surface area contributed by atoms with Gasteiger partial charge in [-0.1, -0.05) is 20.3 Å². The van der Waals surface area contributed by atoms with E-state index in [0.29, 0.717) is 12.0 Å². The highest BCUT2D eigenvalue weighted by Gasteiger charge is 2.28. The van der Waals surface area contributed by atoms with Crippen molar-refractivity contribution in [2.24, 2.45) is 24.7 Å². The molecule has 3 unspecified atom stereocenters. The lowest BCUT2D eigenvalue weighted by atomic mass is 9.93. The summed E-state index contributed by atoms with van der Waals surface area (Å²) in [6, 6.07) is 2.60. The summed E-state index contributed by atoms with van der Waals surface area (Å²) in [5.41, 5.74) is 5.48. The predicted molar refractivity (Wildman–Crippen MR) is 73.9 cm³/mol. The topological polar surface area (TPSA) is 55.9 Å². The lowest BCUT2D eigenvalue weighted by Crippen LogP contribution is -2.42. The standard InChI is InChI=1S/C14H26N4/c1-4-12-8-13(18(3)17-12)9-14(16-15)11-6-5-10(2)7-11/h8,10-11,14,16H,4-7,9,15H2,1-3H3. The van der Waals surface area contributed by atoms with Crippen LogP contribution in [0, 0.1) is 11.8 Å². The molecule has 0 bridgehead atoms. The average Bonchev–Trinajstić information content (AvgIpc) is 2.93. The van der Waals surface area contributed by atoms with E-state index in [0.717, 1.165) is 18.8 Å². The second-order valence-corrected chi connectivity index (χ2v) is 5.76. The molecular formula is C14H26N4. The molecular weight excluding hydrogens is 224 g/mol. The van der Waals surface area contributed by atoms with Crippen molar-refractivity contribution in [2.75, 3.05) is 0 Å². The Morgan fingerprint density at radius 2 is 2.33 bits per heavy atom. The van der Waals surface area contributed by atoms with E-state index in [9.17, 15) is 0 Å². The molecule has 0 aliphatic heterocycles. The monoisotopic (exact) mass is 250 g/mol. The van der Waals surface area contributed by atoms with Crippen LogP contribution in [-0.2, 0) is 19.9 Å². The minimum atomic E-state index is 0.384. The molecule has 0 amide bonds. The van der Waals surface area contributed by atoms with Crippen LogP contribution in [-0.4, -0.2) is 15.8 Å². The highest BCUT2D eigenvalue weighted by molar-refractivity contribution is 5.12. The van der Waals surface area contributed by atoms with Gasteiger partial charge < -0.3 is 0 Å². The minimum Gasteiger partial charge on any atom is -0.272 e. The molecule has 18 heavy (non-hydrogen) atoms. The fourth-order valence-corrected chi connectivity index (χ4v) is 3.14. The predicted octanol–water partition coefficient (Wildman–Crippen LogP) is 1.79. The maximum atomic E-state index is 5.76. The van der Waals surface area contributed by atoms with E-state index in [4.69, 9.17) is 5.84 Å². The van der Waals surface area contributed by atoms with Gasteiger partial charge in [-0.25, -0.2) is 0 Å². The van der Waals surface area contributed by atoms with Crippen LogP contribution in [0.5, 0.6) is 0 Å². The number of hydrazine groups is 1. The Balaban J connectivity index is 2.03. The first-order valence-electron chi connectivity index (χ1n) is 7.12. The van der Waals surface area contributed by atoms with Gasteiger partial charge >= 0.3 is 0 Å². The summed E-state index contributed by atoms with van der Waals surface area (Å²) < 4.78 is 2.00. The zero-order chi connectivity index (χ0) is 13.1. The molecule has 102 valence electrons. The third-order valence-corrected chi connectivity index (χ3v) is 4.34. The number of hydrogen-bond donors (Lipinski definition) is 2. The quantitative estimate of drug-likeness (QED) is 0.619. The maximum Gasteiger partial charge on any atom is 0.0624 e. The van der Waals surface area contributed by atoms with Crippen molar-refractivity contribution in [2.45, 2.75) is 52.0 Å². The van der Waals surface area contributed by atoms with Gasteiger partial charge in [0.1, 0.15) is 0 Å². The SMILES string of the molecule is CCc1cc(CC(NN)C2CCC(C)C2)n(C)n1. The molecule has 0 radical (unpaired) electrons. The second kappa shape index (κ2) is 5.85. The molecule has 4 heteroatoms. The third kappa shape index (κ3) is 2.93. The lowest BCUT2D eigenvalue weighted by molar-refractivity contribution is 0.347. The number of aromatic nitrogens is 2. The Morgan fingerprint density at radius 1 is 1.56 bits per heavy atom. The molecule has 0 aromatic carbocycles. The van der Waals surface area contributed by atoms with Crippen molar-refractivity contribution >= 4 is 0 Å². The fourth-order valence-electron chi connectivity index (χ4n) is 3.14. The van der Waals surface area contributed by atoms with E-state index in [2.05, 4.69) is 30.4 Å². The van der Waals surface area contributed by atoms with Gasteiger partial charge in [0.2, 0.25) is 0 Å². The van der Waals surface area contributed by atoms with Gasteiger partial charge in [0.15, 0.2) is 0 Å². The van der Waals surface area contributed by atoms with Crippen LogP contribution in [0.15, 0.2) is 6.07 Å². The Labute approximate surface area is 110 Å². The maximum absolute atomic E-state index is 5.76. The van der Waals surface area contributed by atoms with Crippen LogP contribution >= 0.6 is 0 Å². The third-order valence-electron chi connectivity index (χ3n) is 4.34. The molecule has 1 aliphatic rings. The minimum absolute atomic E-state index is 0.384. The summed E-state index contributed by atoms with van der Waals surface area (Å²) in [7, 11) is 2.03. The molecule has 1 fully saturated rings. The largest absolute Gasteiger partial charge is 0.272 e. The Bertz CT molecular complexity index is 385. The lowest BCUT2D eigenvalue weighted by Gasteiger charge is -2.22. The first-order valence-corrected chi connectivity index (χ1v) is 7.12. The highest BCUT2D eigenvalue weighted by Crippen LogP contribution is 2.33. The van der Waals surface area contributed by atoms with Gasteiger partial charge in [-0.2, -0.15) is 5.10 Å². The normalized spacial score (nSPS) is 25.6. The van der Waals surface area contributed by atoms with Gasteiger partial charge in [-0.15, -0.1) is 0 Å². The van der Waals surface area contributed by atoms with Crippen LogP contribution in [0.3, 0.4) is 0 Å². The van der Waals surface area contributed by atoms with E-state index in [-0.39, 0.29) is 0 Å². The van der Waals surface area contributed by atoms with Gasteiger partial charge in [0, 0.05) is 25.2 Å². The number of rotatable bonds is 5. The molecule has 4 nitrogen and oxygen atoms in total. The smallest absolute Gasteiger partial charge is 0.0624 e. The molecule has 1 heterocycles. The summed E-state index contributed by atoms with van der Waals surface area (Å²) in [6.07, 6.45) is 5.92. The molecule has 1 aromatic rings. The van der Waals surface area contributed by atoms with E-state index < -0.39 is 0 Å². The summed E-state index contributed by atoms with van der Waals surface area (Å²) in [5.74, 6) is 7.32. The van der Waals surface area contributed by atoms with Gasteiger partial charge in [-0.3, -0.25) is 16.0 Å². The number of nitrogens with one attached hydrogen (secondary N) is 1. The zero-order valence-electron chi connectivity index (χ0n) is 11.8. The van der Waals surface area contributed by atoms with Crippen molar-refractivity contribution in [3.63, 3.8) is 0 Å². The summed E-state index contributed by atoms with van der Waals surface area (Å²) in [4.78, 5) is 0. The van der Waals surface area contributed by atoms with E-state index >= 15 is 0 Å². The van der Waals surface area contributed by atoms with Crippen molar-refractivity contribution in [3.05, 3.63) is 17.5 Å².